The van der Waals surface area contributed by atoms with Crippen molar-refractivity contribution in [1.29, 1.82) is 0 Å². The summed E-state index contributed by atoms with van der Waals surface area (Å²) in [7, 11) is 0. The third kappa shape index (κ3) is 2.70. The van der Waals surface area contributed by atoms with E-state index in [1.807, 2.05) is 23.6 Å². The van der Waals surface area contributed by atoms with Crippen LogP contribution in [0.4, 0.5) is 10.5 Å². The standard InChI is InChI=1S/C14H14N2O4S/c17-10-6-11(13(18)19)16(7-10)14(20)15-9-1-2-12-8(5-9)3-4-21-12/h1-5,10-11,17H,6-7H2,(H,15,20)(H,18,19)/t10?,11-/m0/s1. The van der Waals surface area contributed by atoms with E-state index >= 15 is 0 Å². The molecule has 2 heterocycles. The van der Waals surface area contributed by atoms with Gasteiger partial charge in [0.15, 0.2) is 0 Å². The Labute approximate surface area is 124 Å². The molecule has 1 aliphatic rings. The number of hydrogen-bond acceptors (Lipinski definition) is 4. The average molecular weight is 306 g/mol. The van der Waals surface area contributed by atoms with Crippen LogP contribution in [0.1, 0.15) is 6.42 Å². The van der Waals surface area contributed by atoms with Crippen molar-refractivity contribution < 1.29 is 19.8 Å². The van der Waals surface area contributed by atoms with Gasteiger partial charge >= 0.3 is 12.0 Å². The second-order valence-corrected chi connectivity index (χ2v) is 5.95. The highest BCUT2D eigenvalue weighted by molar-refractivity contribution is 7.17. The SMILES string of the molecule is O=C(O)[C@@H]1CC(O)CN1C(=O)Nc1ccc2sccc2c1. The first-order valence-electron chi connectivity index (χ1n) is 6.50. The molecule has 110 valence electrons. The third-order valence-electron chi connectivity index (χ3n) is 3.53. The Hall–Kier alpha value is -2.12. The van der Waals surface area contributed by atoms with Crippen molar-refractivity contribution in [3.05, 3.63) is 29.6 Å². The van der Waals surface area contributed by atoms with Crippen molar-refractivity contribution in [1.82, 2.24) is 4.90 Å². The molecule has 1 saturated heterocycles. The van der Waals surface area contributed by atoms with E-state index in [0.717, 1.165) is 15.0 Å². The molecule has 0 spiro atoms. The number of likely N-dealkylation sites (tertiary alicyclic amines) is 1. The molecular weight excluding hydrogens is 292 g/mol. The number of aliphatic hydroxyl groups is 1. The Morgan fingerprint density at radius 3 is 2.90 bits per heavy atom. The largest absolute Gasteiger partial charge is 0.480 e. The maximum Gasteiger partial charge on any atom is 0.326 e. The number of carboxylic acid groups (broad SMARTS) is 1. The number of carbonyl (C=O) groups excluding carboxylic acids is 1. The quantitative estimate of drug-likeness (QED) is 0.791. The van der Waals surface area contributed by atoms with Gasteiger partial charge in [-0.2, -0.15) is 0 Å². The van der Waals surface area contributed by atoms with Crippen molar-refractivity contribution in [2.75, 3.05) is 11.9 Å². The molecule has 1 fully saturated rings. The molecule has 1 aliphatic heterocycles. The molecule has 7 heteroatoms. The summed E-state index contributed by atoms with van der Waals surface area (Å²) in [6.07, 6.45) is -0.733. The number of nitrogens with zero attached hydrogens (tertiary/aromatic N) is 1. The zero-order chi connectivity index (χ0) is 15.0. The van der Waals surface area contributed by atoms with Gasteiger partial charge in [0, 0.05) is 23.4 Å². The molecule has 3 rings (SSSR count). The van der Waals surface area contributed by atoms with Crippen LogP contribution >= 0.6 is 11.3 Å². The minimum atomic E-state index is -1.10. The van der Waals surface area contributed by atoms with Crippen LogP contribution < -0.4 is 5.32 Å². The van der Waals surface area contributed by atoms with Gasteiger partial charge < -0.3 is 20.4 Å². The van der Waals surface area contributed by atoms with Gasteiger partial charge in [-0.1, -0.05) is 0 Å². The lowest BCUT2D eigenvalue weighted by atomic mass is 10.2. The van der Waals surface area contributed by atoms with Crippen LogP contribution in [0.5, 0.6) is 0 Å². The second-order valence-electron chi connectivity index (χ2n) is 5.00. The van der Waals surface area contributed by atoms with E-state index in [2.05, 4.69) is 5.32 Å². The Balaban J connectivity index is 1.77. The van der Waals surface area contributed by atoms with E-state index in [4.69, 9.17) is 5.11 Å². The van der Waals surface area contributed by atoms with Gasteiger partial charge in [-0.3, -0.25) is 0 Å². The summed E-state index contributed by atoms with van der Waals surface area (Å²) >= 11 is 1.61. The van der Waals surface area contributed by atoms with Gasteiger partial charge in [0.05, 0.1) is 6.10 Å². The number of carbonyl (C=O) groups is 2. The van der Waals surface area contributed by atoms with Crippen LogP contribution in [0.2, 0.25) is 0 Å². The first-order chi connectivity index (χ1) is 10.0. The summed E-state index contributed by atoms with van der Waals surface area (Å²) in [5, 5.41) is 24.3. The Kier molecular flexibility index (Phi) is 3.52. The number of thiophene rings is 1. The normalized spacial score (nSPS) is 21.7. The van der Waals surface area contributed by atoms with Crippen LogP contribution in [0, 0.1) is 0 Å². The van der Waals surface area contributed by atoms with Crippen molar-refractivity contribution in [3.8, 4) is 0 Å². The van der Waals surface area contributed by atoms with Gasteiger partial charge in [-0.05, 0) is 35.0 Å². The predicted molar refractivity (Wildman–Crippen MR) is 79.6 cm³/mol. The van der Waals surface area contributed by atoms with Gasteiger partial charge in [-0.15, -0.1) is 11.3 Å². The number of carboxylic acids is 1. The van der Waals surface area contributed by atoms with Crippen molar-refractivity contribution in [3.63, 3.8) is 0 Å². The number of β-amino-alcohol motifs (C(OH)–C–C–N with tert-alkyl or cyclic N) is 1. The fraction of sp³-hybridized carbons (Fsp3) is 0.286. The van der Waals surface area contributed by atoms with Crippen LogP contribution in [-0.4, -0.2) is 45.8 Å². The summed E-state index contributed by atoms with van der Waals surface area (Å²) < 4.78 is 1.12. The van der Waals surface area contributed by atoms with Gasteiger partial charge in [0.25, 0.3) is 0 Å². The average Bonchev–Trinajstić information content (AvgIpc) is 3.04. The summed E-state index contributed by atoms with van der Waals surface area (Å²) in [4.78, 5) is 24.5. The Morgan fingerprint density at radius 2 is 2.14 bits per heavy atom. The lowest BCUT2D eigenvalue weighted by Gasteiger charge is -2.21. The molecule has 0 aliphatic carbocycles. The molecule has 0 radical (unpaired) electrons. The highest BCUT2D eigenvalue weighted by atomic mass is 32.1. The van der Waals surface area contributed by atoms with Crippen molar-refractivity contribution in [2.24, 2.45) is 0 Å². The highest BCUT2D eigenvalue weighted by Crippen LogP contribution is 2.25. The minimum Gasteiger partial charge on any atom is -0.480 e. The zero-order valence-corrected chi connectivity index (χ0v) is 11.8. The minimum absolute atomic E-state index is 0.0312. The summed E-state index contributed by atoms with van der Waals surface area (Å²) in [6, 6.07) is 5.99. The topological polar surface area (TPSA) is 89.9 Å². The molecular formula is C14H14N2O4S. The molecule has 0 saturated carbocycles. The number of urea groups is 1. The van der Waals surface area contributed by atoms with E-state index < -0.39 is 24.1 Å². The molecule has 6 nitrogen and oxygen atoms in total. The van der Waals surface area contributed by atoms with Crippen molar-refractivity contribution >= 4 is 39.1 Å². The van der Waals surface area contributed by atoms with Crippen LogP contribution in [0.25, 0.3) is 10.1 Å². The number of hydrogen-bond donors (Lipinski definition) is 3. The molecule has 1 aromatic carbocycles. The summed E-state index contributed by atoms with van der Waals surface area (Å²) in [5.41, 5.74) is 0.608. The maximum atomic E-state index is 12.2. The fourth-order valence-electron chi connectivity index (χ4n) is 2.51. The number of aliphatic carboxylic acids is 1. The number of benzene rings is 1. The van der Waals surface area contributed by atoms with Crippen LogP contribution in [-0.2, 0) is 4.79 Å². The monoisotopic (exact) mass is 306 g/mol. The van der Waals surface area contributed by atoms with E-state index in [1.54, 1.807) is 17.4 Å². The third-order valence-corrected chi connectivity index (χ3v) is 4.43. The molecule has 2 aromatic rings. The Morgan fingerprint density at radius 1 is 1.33 bits per heavy atom. The molecule has 0 bridgehead atoms. The Bertz CT molecular complexity index is 699. The van der Waals surface area contributed by atoms with Crippen LogP contribution in [0.3, 0.4) is 0 Å². The number of fused-ring (bicyclic) bond motifs is 1. The van der Waals surface area contributed by atoms with E-state index in [9.17, 15) is 14.7 Å². The van der Waals surface area contributed by atoms with Crippen molar-refractivity contribution in [2.45, 2.75) is 18.6 Å². The number of rotatable bonds is 2. The lowest BCUT2D eigenvalue weighted by molar-refractivity contribution is -0.141. The summed E-state index contributed by atoms with van der Waals surface area (Å²) in [6.45, 7) is 0.0312. The molecule has 1 aromatic heterocycles. The maximum absolute atomic E-state index is 12.2. The fourth-order valence-corrected chi connectivity index (χ4v) is 3.28. The predicted octanol–water partition coefficient (Wildman–Crippen LogP) is 1.95. The molecule has 1 unspecified atom stereocenters. The number of aliphatic hydroxyl groups excluding tert-OH is 1. The van der Waals surface area contributed by atoms with Gasteiger partial charge in [0.1, 0.15) is 6.04 Å². The highest BCUT2D eigenvalue weighted by Gasteiger charge is 2.38. The molecule has 21 heavy (non-hydrogen) atoms. The smallest absolute Gasteiger partial charge is 0.326 e. The van der Waals surface area contributed by atoms with E-state index in [-0.39, 0.29) is 13.0 Å². The molecule has 2 amide bonds. The van der Waals surface area contributed by atoms with E-state index in [1.165, 1.54) is 0 Å². The van der Waals surface area contributed by atoms with Gasteiger partial charge in [0.2, 0.25) is 0 Å². The zero-order valence-electron chi connectivity index (χ0n) is 11.0. The second kappa shape index (κ2) is 5.34. The first kappa shape index (κ1) is 13.8. The lowest BCUT2D eigenvalue weighted by Crippen LogP contribution is -2.43. The number of nitrogens with one attached hydrogen (secondary N) is 1. The number of amides is 2. The van der Waals surface area contributed by atoms with Gasteiger partial charge in [-0.25, -0.2) is 9.59 Å². The number of anilines is 1. The van der Waals surface area contributed by atoms with Crippen LogP contribution in [0.15, 0.2) is 29.6 Å². The summed E-state index contributed by atoms with van der Waals surface area (Å²) in [5.74, 6) is -1.10. The van der Waals surface area contributed by atoms with E-state index in [0.29, 0.717) is 5.69 Å². The first-order valence-corrected chi connectivity index (χ1v) is 7.38. The molecule has 2 atom stereocenters. The molecule has 3 N–H and O–H groups in total.